The summed E-state index contributed by atoms with van der Waals surface area (Å²) in [6, 6.07) is 6.94. The Morgan fingerprint density at radius 1 is 1.15 bits per heavy atom. The molecular formula is C19H29N3O5. The van der Waals surface area contributed by atoms with Gasteiger partial charge in [0.05, 0.1) is 25.1 Å². The molecule has 8 heteroatoms. The van der Waals surface area contributed by atoms with Gasteiger partial charge in [-0.05, 0) is 11.5 Å². The molecule has 0 fully saturated rings. The van der Waals surface area contributed by atoms with E-state index in [1.807, 2.05) is 44.2 Å². The third-order valence-electron chi connectivity index (χ3n) is 4.38. The van der Waals surface area contributed by atoms with Crippen molar-refractivity contribution in [3.63, 3.8) is 0 Å². The van der Waals surface area contributed by atoms with Crippen molar-refractivity contribution in [1.82, 2.24) is 10.6 Å². The van der Waals surface area contributed by atoms with Crippen LogP contribution in [0.2, 0.25) is 0 Å². The van der Waals surface area contributed by atoms with Crippen molar-refractivity contribution in [2.24, 2.45) is 11.7 Å². The van der Waals surface area contributed by atoms with E-state index < -0.39 is 30.4 Å². The van der Waals surface area contributed by atoms with Gasteiger partial charge in [-0.1, -0.05) is 50.6 Å². The summed E-state index contributed by atoms with van der Waals surface area (Å²) in [5, 5.41) is 14.3. The van der Waals surface area contributed by atoms with Crippen LogP contribution in [0.5, 0.6) is 0 Å². The van der Waals surface area contributed by atoms with Gasteiger partial charge in [-0.15, -0.1) is 0 Å². The van der Waals surface area contributed by atoms with Gasteiger partial charge in [0.1, 0.15) is 6.04 Å². The zero-order valence-corrected chi connectivity index (χ0v) is 16.0. The summed E-state index contributed by atoms with van der Waals surface area (Å²) < 4.78 is 5.20. The van der Waals surface area contributed by atoms with Crippen LogP contribution in [0.1, 0.15) is 38.3 Å². The second-order valence-electron chi connectivity index (χ2n) is 6.50. The number of nitrogens with one attached hydrogen (secondary N) is 2. The highest BCUT2D eigenvalue weighted by Crippen LogP contribution is 2.15. The molecule has 0 bridgehead atoms. The van der Waals surface area contributed by atoms with Crippen molar-refractivity contribution in [3.05, 3.63) is 35.9 Å². The molecule has 1 rings (SSSR count). The minimum atomic E-state index is -1.22. The largest absolute Gasteiger partial charge is 0.481 e. The van der Waals surface area contributed by atoms with Gasteiger partial charge in [0.15, 0.2) is 0 Å². The molecule has 27 heavy (non-hydrogen) atoms. The normalized spacial score (nSPS) is 15.3. The molecule has 0 spiro atoms. The van der Waals surface area contributed by atoms with Crippen LogP contribution >= 0.6 is 0 Å². The highest BCUT2D eigenvalue weighted by Gasteiger charge is 2.30. The van der Waals surface area contributed by atoms with Crippen LogP contribution in [-0.2, 0) is 19.1 Å². The van der Waals surface area contributed by atoms with Gasteiger partial charge in [-0.3, -0.25) is 14.4 Å². The van der Waals surface area contributed by atoms with Crippen LogP contribution < -0.4 is 16.4 Å². The highest BCUT2D eigenvalue weighted by atomic mass is 16.5. The summed E-state index contributed by atoms with van der Waals surface area (Å²) in [5.74, 6) is -2.37. The van der Waals surface area contributed by atoms with Crippen molar-refractivity contribution >= 4 is 17.8 Å². The first kappa shape index (κ1) is 22.6. The average Bonchev–Trinajstić information content (AvgIpc) is 2.64. The minimum absolute atomic E-state index is 0.162. The Balaban J connectivity index is 2.90. The fourth-order valence-corrected chi connectivity index (χ4v) is 2.58. The lowest BCUT2D eigenvalue weighted by atomic mass is 9.97. The lowest BCUT2D eigenvalue weighted by molar-refractivity contribution is -0.139. The molecule has 8 nitrogen and oxygen atoms in total. The molecule has 5 N–H and O–H groups in total. The number of carboxylic acid groups (broad SMARTS) is 1. The van der Waals surface area contributed by atoms with Crippen LogP contribution in [0.25, 0.3) is 0 Å². The number of carbonyl (C=O) groups excluding carboxylic acids is 2. The number of hydrogen-bond donors (Lipinski definition) is 4. The first-order chi connectivity index (χ1) is 12.8. The number of carbonyl (C=O) groups is 3. The Morgan fingerprint density at radius 2 is 1.78 bits per heavy atom. The van der Waals surface area contributed by atoms with Crippen molar-refractivity contribution < 1.29 is 24.2 Å². The molecule has 0 aliphatic carbocycles. The van der Waals surface area contributed by atoms with E-state index in [1.54, 1.807) is 7.11 Å². The number of amides is 2. The quantitative estimate of drug-likeness (QED) is 0.450. The van der Waals surface area contributed by atoms with E-state index in [0.717, 1.165) is 5.56 Å². The van der Waals surface area contributed by atoms with Gasteiger partial charge in [0, 0.05) is 7.11 Å². The Bertz CT molecular complexity index is 623. The van der Waals surface area contributed by atoms with Crippen LogP contribution in [0.4, 0.5) is 0 Å². The number of nitrogens with two attached hydrogens (primary N) is 1. The zero-order valence-electron chi connectivity index (χ0n) is 16.0. The summed E-state index contributed by atoms with van der Waals surface area (Å²) in [5.41, 5.74) is 6.48. The fraction of sp³-hybridized carbons (Fsp3) is 0.526. The standard InChI is InChI=1S/C19H29N3O5/c1-4-12(2)17(22-18(25)14(20)10-16(23)24)19(26)21-15(11-27-3)13-8-6-5-7-9-13/h5-9,12,14-15,17H,4,10-11,20H2,1-3H3,(H,21,26)(H,22,25)(H,23,24)/t12-,14+,15+,17-/m1/s1. The van der Waals surface area contributed by atoms with E-state index in [0.29, 0.717) is 6.42 Å². The Morgan fingerprint density at radius 3 is 2.30 bits per heavy atom. The van der Waals surface area contributed by atoms with Crippen LogP contribution in [0.15, 0.2) is 30.3 Å². The van der Waals surface area contributed by atoms with Gasteiger partial charge >= 0.3 is 5.97 Å². The molecule has 0 unspecified atom stereocenters. The number of methoxy groups -OCH3 is 1. The lowest BCUT2D eigenvalue weighted by Gasteiger charge is -2.27. The zero-order chi connectivity index (χ0) is 20.4. The van der Waals surface area contributed by atoms with E-state index >= 15 is 0 Å². The molecule has 0 radical (unpaired) electrons. The molecule has 1 aromatic rings. The van der Waals surface area contributed by atoms with E-state index in [-0.39, 0.29) is 24.5 Å². The molecule has 0 aliphatic rings. The van der Waals surface area contributed by atoms with E-state index in [2.05, 4.69) is 10.6 Å². The van der Waals surface area contributed by atoms with Crippen LogP contribution in [-0.4, -0.2) is 48.7 Å². The van der Waals surface area contributed by atoms with Crippen molar-refractivity contribution in [2.75, 3.05) is 13.7 Å². The SMILES string of the molecule is CC[C@@H](C)[C@@H](NC(=O)[C@@H](N)CC(=O)O)C(=O)N[C@@H](COC)c1ccccc1. The molecule has 150 valence electrons. The molecular weight excluding hydrogens is 350 g/mol. The van der Waals surface area contributed by atoms with E-state index in [1.165, 1.54) is 0 Å². The summed E-state index contributed by atoms with van der Waals surface area (Å²) >= 11 is 0. The van der Waals surface area contributed by atoms with Gasteiger partial charge in [0.2, 0.25) is 11.8 Å². The van der Waals surface area contributed by atoms with Crippen molar-refractivity contribution in [2.45, 2.75) is 44.8 Å². The smallest absolute Gasteiger partial charge is 0.305 e. The third-order valence-corrected chi connectivity index (χ3v) is 4.38. The molecule has 0 heterocycles. The average molecular weight is 379 g/mol. The summed E-state index contributed by atoms with van der Waals surface area (Å²) in [4.78, 5) is 35.8. The van der Waals surface area contributed by atoms with Gasteiger partial charge in [-0.25, -0.2) is 0 Å². The third kappa shape index (κ3) is 7.36. The van der Waals surface area contributed by atoms with E-state index in [9.17, 15) is 14.4 Å². The second-order valence-corrected chi connectivity index (χ2v) is 6.50. The number of benzene rings is 1. The molecule has 0 aromatic heterocycles. The number of rotatable bonds is 11. The molecule has 2 amide bonds. The van der Waals surface area contributed by atoms with Crippen LogP contribution in [0.3, 0.4) is 0 Å². The van der Waals surface area contributed by atoms with Gasteiger partial charge in [0.25, 0.3) is 0 Å². The fourth-order valence-electron chi connectivity index (χ4n) is 2.58. The van der Waals surface area contributed by atoms with Crippen LogP contribution in [0, 0.1) is 5.92 Å². The maximum atomic E-state index is 12.8. The predicted molar refractivity (Wildman–Crippen MR) is 101 cm³/mol. The first-order valence-corrected chi connectivity index (χ1v) is 8.92. The highest BCUT2D eigenvalue weighted by molar-refractivity contribution is 5.91. The summed E-state index contributed by atoms with van der Waals surface area (Å²) in [7, 11) is 1.54. The molecule has 4 atom stereocenters. The topological polar surface area (TPSA) is 131 Å². The number of carboxylic acids is 1. The van der Waals surface area contributed by atoms with Crippen molar-refractivity contribution in [3.8, 4) is 0 Å². The monoisotopic (exact) mass is 379 g/mol. The number of aliphatic carboxylic acids is 1. The summed E-state index contributed by atoms with van der Waals surface area (Å²) in [6.45, 7) is 4.01. The lowest BCUT2D eigenvalue weighted by Crippen LogP contribution is -2.55. The van der Waals surface area contributed by atoms with E-state index in [4.69, 9.17) is 15.6 Å². The van der Waals surface area contributed by atoms with Gasteiger partial charge < -0.3 is 26.2 Å². The first-order valence-electron chi connectivity index (χ1n) is 8.92. The summed E-state index contributed by atoms with van der Waals surface area (Å²) in [6.07, 6.45) is 0.143. The van der Waals surface area contributed by atoms with Crippen molar-refractivity contribution in [1.29, 1.82) is 0 Å². The predicted octanol–water partition coefficient (Wildman–Crippen LogP) is 0.823. The molecule has 1 aromatic carbocycles. The second kappa shape index (κ2) is 11.3. The number of hydrogen-bond acceptors (Lipinski definition) is 5. The Labute approximate surface area is 159 Å². The Kier molecular flexibility index (Phi) is 9.46. The maximum absolute atomic E-state index is 12.8. The minimum Gasteiger partial charge on any atom is -0.481 e. The Hall–Kier alpha value is -2.45. The molecule has 0 saturated carbocycles. The maximum Gasteiger partial charge on any atom is 0.305 e. The van der Waals surface area contributed by atoms with Gasteiger partial charge in [-0.2, -0.15) is 0 Å². The number of ether oxygens (including phenoxy) is 1. The molecule has 0 saturated heterocycles. The molecule has 0 aliphatic heterocycles.